The van der Waals surface area contributed by atoms with Crippen LogP contribution in [0.15, 0.2) is 42.5 Å². The number of fused-ring (bicyclic) bond motifs is 1. The van der Waals surface area contributed by atoms with Crippen LogP contribution in [-0.4, -0.2) is 36.6 Å². The Morgan fingerprint density at radius 1 is 1.06 bits per heavy atom. The second-order valence-corrected chi connectivity index (χ2v) is 10.1. The minimum absolute atomic E-state index is 0.0673. The zero-order valence-corrected chi connectivity index (χ0v) is 20.1. The summed E-state index contributed by atoms with van der Waals surface area (Å²) in [4.78, 5) is 28.5. The van der Waals surface area contributed by atoms with Gasteiger partial charge in [0.1, 0.15) is 0 Å². The molecule has 4 rings (SSSR count). The third-order valence-corrected chi connectivity index (χ3v) is 6.70. The molecule has 2 aromatic rings. The topological polar surface area (TPSA) is 93.9 Å². The Kier molecular flexibility index (Phi) is 7.41. The van der Waals surface area contributed by atoms with Gasteiger partial charge >= 0.3 is 0 Å². The van der Waals surface area contributed by atoms with E-state index in [2.05, 4.69) is 19.2 Å². The highest BCUT2D eigenvalue weighted by Crippen LogP contribution is 2.33. The van der Waals surface area contributed by atoms with Gasteiger partial charge in [0, 0.05) is 30.3 Å². The van der Waals surface area contributed by atoms with Crippen LogP contribution in [-0.2, 0) is 11.3 Å². The van der Waals surface area contributed by atoms with Gasteiger partial charge in [-0.15, -0.1) is 0 Å². The van der Waals surface area contributed by atoms with E-state index in [0.717, 1.165) is 31.2 Å². The zero-order valence-electron chi connectivity index (χ0n) is 20.1. The van der Waals surface area contributed by atoms with E-state index < -0.39 is 0 Å². The van der Waals surface area contributed by atoms with Gasteiger partial charge in [-0.05, 0) is 54.6 Å². The summed E-state index contributed by atoms with van der Waals surface area (Å²) < 4.78 is 10.7. The van der Waals surface area contributed by atoms with Crippen LogP contribution in [0, 0.1) is 11.3 Å². The van der Waals surface area contributed by atoms with E-state index >= 15 is 0 Å². The first-order valence-corrected chi connectivity index (χ1v) is 12.1. The average Bonchev–Trinajstić information content (AvgIpc) is 3.33. The number of amides is 2. The molecular formula is C27H35N3O4. The number of benzene rings is 2. The van der Waals surface area contributed by atoms with Crippen LogP contribution in [0.4, 0.5) is 5.69 Å². The maximum atomic E-state index is 13.5. The van der Waals surface area contributed by atoms with Crippen molar-refractivity contribution in [3.63, 3.8) is 0 Å². The molecule has 1 aliphatic heterocycles. The second-order valence-electron chi connectivity index (χ2n) is 10.1. The van der Waals surface area contributed by atoms with Gasteiger partial charge in [0.15, 0.2) is 11.5 Å². The number of carbonyl (C=O) groups excluding carboxylic acids is 2. The van der Waals surface area contributed by atoms with Gasteiger partial charge in [-0.3, -0.25) is 9.59 Å². The highest BCUT2D eigenvalue weighted by Gasteiger charge is 2.30. The van der Waals surface area contributed by atoms with Crippen molar-refractivity contribution < 1.29 is 19.1 Å². The number of para-hydroxylation sites is 1. The van der Waals surface area contributed by atoms with Crippen LogP contribution < -0.4 is 20.5 Å². The van der Waals surface area contributed by atoms with Crippen molar-refractivity contribution in [2.24, 2.45) is 17.1 Å². The third-order valence-electron chi connectivity index (χ3n) is 6.70. The number of hydrogen-bond acceptors (Lipinski definition) is 5. The molecule has 1 aliphatic carbocycles. The molecule has 7 heteroatoms. The second kappa shape index (κ2) is 10.5. The van der Waals surface area contributed by atoms with E-state index in [9.17, 15) is 9.59 Å². The molecule has 0 radical (unpaired) electrons. The number of carbonyl (C=O) groups is 2. The van der Waals surface area contributed by atoms with E-state index in [0.29, 0.717) is 42.4 Å². The fourth-order valence-electron chi connectivity index (χ4n) is 4.62. The molecule has 2 aliphatic rings. The van der Waals surface area contributed by atoms with Crippen LogP contribution in [0.2, 0.25) is 0 Å². The number of anilines is 1. The van der Waals surface area contributed by atoms with Gasteiger partial charge in [-0.2, -0.15) is 0 Å². The Morgan fingerprint density at radius 2 is 1.79 bits per heavy atom. The lowest BCUT2D eigenvalue weighted by Crippen LogP contribution is -2.44. The van der Waals surface area contributed by atoms with Crippen molar-refractivity contribution in [3.8, 4) is 11.5 Å². The molecular weight excluding hydrogens is 430 g/mol. The lowest BCUT2D eigenvalue weighted by molar-refractivity contribution is -0.138. The highest BCUT2D eigenvalue weighted by atomic mass is 16.7. The standard InChI is InChI=1S/C27H35N3O4/c1-27(2,16-28)17-30(26(32)19-8-4-3-5-9-19)15-21-10-6-7-11-22(21)29-25(31)20-12-13-23-24(14-20)34-18-33-23/h6-7,10-14,19H,3-5,8-9,15-18,28H2,1-2H3,(H,29,31). The zero-order chi connectivity index (χ0) is 24.1. The number of nitrogens with one attached hydrogen (secondary N) is 1. The van der Waals surface area contributed by atoms with Crippen molar-refractivity contribution in [1.82, 2.24) is 4.90 Å². The van der Waals surface area contributed by atoms with Gasteiger partial charge in [0.25, 0.3) is 5.91 Å². The largest absolute Gasteiger partial charge is 0.454 e. The number of ether oxygens (including phenoxy) is 2. The monoisotopic (exact) mass is 465 g/mol. The quantitative estimate of drug-likeness (QED) is 0.596. The molecule has 34 heavy (non-hydrogen) atoms. The minimum atomic E-state index is -0.238. The van der Waals surface area contributed by atoms with Crippen molar-refractivity contribution in [2.45, 2.75) is 52.5 Å². The van der Waals surface area contributed by atoms with Gasteiger partial charge in [-0.1, -0.05) is 51.3 Å². The minimum Gasteiger partial charge on any atom is -0.454 e. The molecule has 0 atom stereocenters. The molecule has 1 fully saturated rings. The molecule has 0 aromatic heterocycles. The summed E-state index contributed by atoms with van der Waals surface area (Å²) in [6.45, 7) is 5.82. The lowest BCUT2D eigenvalue weighted by Gasteiger charge is -2.35. The molecule has 2 aromatic carbocycles. The van der Waals surface area contributed by atoms with Crippen molar-refractivity contribution >= 4 is 17.5 Å². The maximum absolute atomic E-state index is 13.5. The van der Waals surface area contributed by atoms with E-state index in [1.807, 2.05) is 29.2 Å². The molecule has 182 valence electrons. The summed E-state index contributed by atoms with van der Waals surface area (Å²) in [7, 11) is 0. The molecule has 1 saturated carbocycles. The van der Waals surface area contributed by atoms with Crippen LogP contribution >= 0.6 is 0 Å². The molecule has 3 N–H and O–H groups in total. The third kappa shape index (κ3) is 5.70. The molecule has 7 nitrogen and oxygen atoms in total. The van der Waals surface area contributed by atoms with Gasteiger partial charge in [0.05, 0.1) is 0 Å². The molecule has 1 heterocycles. The first-order valence-electron chi connectivity index (χ1n) is 12.1. The summed E-state index contributed by atoms with van der Waals surface area (Å²) in [5.41, 5.74) is 7.89. The lowest BCUT2D eigenvalue weighted by atomic mass is 9.86. The Morgan fingerprint density at radius 3 is 2.56 bits per heavy atom. The number of nitrogens with two attached hydrogens (primary N) is 1. The fraction of sp³-hybridized carbons (Fsp3) is 0.481. The number of nitrogens with zero attached hydrogens (tertiary/aromatic N) is 1. The summed E-state index contributed by atoms with van der Waals surface area (Å²) in [5.74, 6) is 1.22. The smallest absolute Gasteiger partial charge is 0.255 e. The molecule has 0 unspecified atom stereocenters. The van der Waals surface area contributed by atoms with Gasteiger partial charge in [-0.25, -0.2) is 0 Å². The van der Waals surface area contributed by atoms with Crippen LogP contribution in [0.3, 0.4) is 0 Å². The first kappa shape index (κ1) is 24.1. The van der Waals surface area contributed by atoms with Crippen molar-refractivity contribution in [3.05, 3.63) is 53.6 Å². The number of hydrogen-bond donors (Lipinski definition) is 2. The average molecular weight is 466 g/mol. The summed E-state index contributed by atoms with van der Waals surface area (Å²) >= 11 is 0. The molecule has 0 spiro atoms. The number of rotatable bonds is 8. The van der Waals surface area contributed by atoms with E-state index in [4.69, 9.17) is 15.2 Å². The summed E-state index contributed by atoms with van der Waals surface area (Å²) in [5, 5.41) is 3.02. The Bertz CT molecular complexity index is 1030. The van der Waals surface area contributed by atoms with Crippen LogP contribution in [0.1, 0.15) is 61.9 Å². The van der Waals surface area contributed by atoms with Crippen molar-refractivity contribution in [1.29, 1.82) is 0 Å². The highest BCUT2D eigenvalue weighted by molar-refractivity contribution is 6.05. The van der Waals surface area contributed by atoms with E-state index in [1.165, 1.54) is 6.42 Å². The molecule has 0 bridgehead atoms. The predicted molar refractivity (Wildman–Crippen MR) is 132 cm³/mol. The Balaban J connectivity index is 1.53. The SMILES string of the molecule is CC(C)(CN)CN(Cc1ccccc1NC(=O)c1ccc2c(c1)OCO2)C(=O)C1CCCCC1. The predicted octanol–water partition coefficient (Wildman–Crippen LogP) is 4.56. The fourth-order valence-corrected chi connectivity index (χ4v) is 4.62. The summed E-state index contributed by atoms with van der Waals surface area (Å²) in [6, 6.07) is 12.8. The Labute approximate surface area is 201 Å². The maximum Gasteiger partial charge on any atom is 0.255 e. The van der Waals surface area contributed by atoms with Crippen LogP contribution in [0.25, 0.3) is 0 Å². The summed E-state index contributed by atoms with van der Waals surface area (Å²) in [6.07, 6.45) is 5.30. The van der Waals surface area contributed by atoms with Gasteiger partial charge < -0.3 is 25.4 Å². The van der Waals surface area contributed by atoms with Gasteiger partial charge in [0.2, 0.25) is 12.7 Å². The van der Waals surface area contributed by atoms with E-state index in [-0.39, 0.29) is 29.9 Å². The molecule has 0 saturated heterocycles. The first-order chi connectivity index (χ1) is 16.4. The normalized spacial score (nSPS) is 15.7. The van der Waals surface area contributed by atoms with E-state index in [1.54, 1.807) is 18.2 Å². The van der Waals surface area contributed by atoms with Crippen LogP contribution in [0.5, 0.6) is 11.5 Å². The molecule has 2 amide bonds. The van der Waals surface area contributed by atoms with Crippen molar-refractivity contribution in [2.75, 3.05) is 25.2 Å². The Hall–Kier alpha value is -3.06.